The van der Waals surface area contributed by atoms with Crippen molar-refractivity contribution in [2.24, 2.45) is 0 Å². The van der Waals surface area contributed by atoms with Crippen molar-refractivity contribution in [1.82, 2.24) is 15.0 Å². The van der Waals surface area contributed by atoms with Crippen molar-refractivity contribution in [3.05, 3.63) is 192 Å². The number of pyridine rings is 3. The van der Waals surface area contributed by atoms with E-state index in [0.29, 0.717) is 32.6 Å². The third kappa shape index (κ3) is 11.4. The molecule has 3 aromatic carbocycles. The van der Waals surface area contributed by atoms with Gasteiger partial charge in [-0.3, -0.25) is 24.5 Å². The van der Waals surface area contributed by atoms with Crippen molar-refractivity contribution in [1.29, 1.82) is 0 Å². The van der Waals surface area contributed by atoms with Crippen LogP contribution in [-0.4, -0.2) is 39.1 Å². The average Bonchev–Trinajstić information content (AvgIpc) is 3.50. The maximum Gasteiger partial charge on any atom is 1.00 e. The zero-order valence-electron chi connectivity index (χ0n) is 31.5. The van der Waals surface area contributed by atoms with Gasteiger partial charge in [-0.2, -0.15) is 0 Å². The van der Waals surface area contributed by atoms with E-state index in [1.54, 1.807) is 30.7 Å². The fourth-order valence-electron chi connectivity index (χ4n) is 6.91. The molecule has 6 aromatic rings. The number of carbonyl (C=O) groups excluding carboxylic acids is 2. The molecule has 0 aliphatic heterocycles. The fourth-order valence-corrected chi connectivity index (χ4v) is 8.28. The number of benzene rings is 3. The van der Waals surface area contributed by atoms with E-state index in [1.807, 2.05) is 66.7 Å². The van der Waals surface area contributed by atoms with Gasteiger partial charge in [0.1, 0.15) is 16.8 Å². The first kappa shape index (κ1) is 47.1. The smallest absolute Gasteiger partial charge is 1.00 e. The summed E-state index contributed by atoms with van der Waals surface area (Å²) in [6, 6.07) is 28.9. The molecule has 1 unspecified atom stereocenters. The van der Waals surface area contributed by atoms with Crippen LogP contribution in [0.25, 0.3) is 0 Å². The Labute approximate surface area is 388 Å². The van der Waals surface area contributed by atoms with E-state index in [1.165, 1.54) is 11.1 Å². The largest absolute Gasteiger partial charge is 1.00 e. The molecule has 3 heterocycles. The van der Waals surface area contributed by atoms with Crippen molar-refractivity contribution in [3.8, 4) is 0 Å². The van der Waals surface area contributed by atoms with Crippen LogP contribution in [-0.2, 0) is 47.8 Å². The minimum atomic E-state index is -1.67. The van der Waals surface area contributed by atoms with Gasteiger partial charge in [0.05, 0.1) is 15.7 Å². The van der Waals surface area contributed by atoms with E-state index in [2.05, 4.69) is 48.4 Å². The molecule has 9 rings (SSSR count). The molecule has 0 N–H and O–H groups in total. The van der Waals surface area contributed by atoms with Crippen LogP contribution in [0, 0.1) is 0 Å². The van der Waals surface area contributed by atoms with Gasteiger partial charge in [-0.05, 0) is 114 Å². The minimum absolute atomic E-state index is 0. The Morgan fingerprint density at radius 1 is 0.526 bits per heavy atom. The average molecular weight is 905 g/mol. The van der Waals surface area contributed by atoms with Crippen molar-refractivity contribution < 1.29 is 44.8 Å². The van der Waals surface area contributed by atoms with Crippen LogP contribution in [0.1, 0.15) is 83.5 Å². The summed E-state index contributed by atoms with van der Waals surface area (Å²) in [5.41, 5.74) is 10.8. The number of hydrogen-bond donors (Lipinski definition) is 0. The molecule has 0 fully saturated rings. The quantitative estimate of drug-likeness (QED) is 0.0871. The summed E-state index contributed by atoms with van der Waals surface area (Å²) < 4.78 is 9.09. The maximum atomic E-state index is 12.4. The Bertz CT molecular complexity index is 2320. The number of hydrogen-bond acceptors (Lipinski definition) is 6. The summed E-state index contributed by atoms with van der Waals surface area (Å²) in [6.45, 7) is 0. The van der Waals surface area contributed by atoms with E-state index in [4.69, 9.17) is 50.6 Å². The molecule has 1 atom stereocenters. The van der Waals surface area contributed by atoms with Crippen LogP contribution in [0.5, 0.6) is 0 Å². The number of rotatable bonds is 0. The number of carbonyl (C=O) groups is 2. The molecule has 15 heteroatoms. The number of aryl methyl sites for hydroxylation is 6. The van der Waals surface area contributed by atoms with Gasteiger partial charge >= 0.3 is 29.6 Å². The molecule has 0 saturated heterocycles. The fraction of sp³-hybridized carbons (Fsp3) is 0.167. The van der Waals surface area contributed by atoms with Crippen molar-refractivity contribution in [2.45, 2.75) is 43.9 Å². The Morgan fingerprint density at radius 3 is 1.37 bits per heavy atom. The number of halogens is 6. The van der Waals surface area contributed by atoms with Gasteiger partial charge in [0.15, 0.2) is 0 Å². The number of ketones is 2. The molecule has 285 valence electrons. The van der Waals surface area contributed by atoms with E-state index in [0.717, 1.165) is 77.1 Å². The second kappa shape index (κ2) is 22.1. The normalized spacial score (nSPS) is 14.3. The van der Waals surface area contributed by atoms with Gasteiger partial charge in [0, 0.05) is 64.5 Å². The van der Waals surface area contributed by atoms with E-state index in [-0.39, 0.29) is 56.3 Å². The first-order valence-electron chi connectivity index (χ1n) is 17.2. The summed E-state index contributed by atoms with van der Waals surface area (Å²) in [6.07, 6.45) is 10.4. The van der Waals surface area contributed by atoms with Gasteiger partial charge in [-0.1, -0.05) is 89.4 Å². The van der Waals surface area contributed by atoms with Crippen LogP contribution in [0.15, 0.2) is 110 Å². The zero-order chi connectivity index (χ0) is 39.1. The van der Waals surface area contributed by atoms with E-state index >= 15 is 0 Å². The predicted molar refractivity (Wildman–Crippen MR) is 231 cm³/mol. The molecular weight excluding hydrogens is 873 g/mol. The first-order valence-corrected chi connectivity index (χ1v) is 21.5. The Morgan fingerprint density at radius 2 is 0.877 bits per heavy atom. The molecule has 0 bridgehead atoms. The van der Waals surface area contributed by atoms with Gasteiger partial charge in [-0.25, -0.2) is 4.21 Å². The molecular formula is C42H32BCl6N3NaO3S. The molecule has 0 saturated carbocycles. The second-order valence-electron chi connectivity index (χ2n) is 12.6. The molecule has 3 aromatic heterocycles. The van der Waals surface area contributed by atoms with Gasteiger partial charge in [0.25, 0.3) is 0 Å². The minimum Gasteiger partial charge on any atom is -1.00 e. The summed E-state index contributed by atoms with van der Waals surface area (Å²) >= 11 is 25.1. The SMILES string of the molecule is Clc1cccc2c1C(Cl)c1ncccc1CC2.O=C1c2ncccc2CCc2cccc(Cl)c21.O=C1c2ncccc2CCc2cccc(Cl)c21.O=S(Cl)Cl.[B].[H-].[Na+]. The van der Waals surface area contributed by atoms with Gasteiger partial charge in [-0.15, -0.1) is 11.6 Å². The standard InChI is InChI=1S/C14H11Cl2N.2C14H10ClNO.B.Cl2OS.Na.H/c15-11-5-1-3-9-6-7-10-4-2-8-17-14(10)13(16)12(9)11;2*15-11-5-1-3-9-6-7-10-4-2-8-16-13(10)14(17)12(9)11;;1-4(2)3;;/h1-5,8,13H,6-7H2;2*1-5,8H,6-7H2;;;;/q;;;;;+1;-1. The summed E-state index contributed by atoms with van der Waals surface area (Å²) in [4.78, 5) is 37.6. The molecule has 0 amide bonds. The number of aromatic nitrogens is 3. The monoisotopic (exact) mass is 902 g/mol. The Hall–Kier alpha value is -2.60. The van der Waals surface area contributed by atoms with E-state index in [9.17, 15) is 9.59 Å². The van der Waals surface area contributed by atoms with Crippen LogP contribution >= 0.6 is 67.8 Å². The molecule has 3 aliphatic carbocycles. The first-order chi connectivity index (χ1) is 26.5. The predicted octanol–water partition coefficient (Wildman–Crippen LogP) is 8.07. The third-order valence-corrected chi connectivity index (χ3v) is 10.8. The molecule has 3 aliphatic rings. The van der Waals surface area contributed by atoms with Gasteiger partial charge < -0.3 is 1.43 Å². The maximum absolute atomic E-state index is 12.4. The molecule has 0 spiro atoms. The third-order valence-electron chi connectivity index (χ3n) is 9.42. The molecule has 3 radical (unpaired) electrons. The zero-order valence-corrected chi connectivity index (χ0v) is 37.9. The van der Waals surface area contributed by atoms with Crippen LogP contribution < -0.4 is 29.6 Å². The molecule has 57 heavy (non-hydrogen) atoms. The van der Waals surface area contributed by atoms with Crippen LogP contribution in [0.2, 0.25) is 15.1 Å². The van der Waals surface area contributed by atoms with Crippen LogP contribution in [0.3, 0.4) is 0 Å². The second-order valence-corrected chi connectivity index (χ2v) is 16.8. The molecule has 6 nitrogen and oxygen atoms in total. The van der Waals surface area contributed by atoms with Crippen LogP contribution in [0.4, 0.5) is 0 Å². The summed E-state index contributed by atoms with van der Waals surface area (Å²) in [5, 5.41) is 1.54. The van der Waals surface area contributed by atoms with E-state index < -0.39 is 9.23 Å². The summed E-state index contributed by atoms with van der Waals surface area (Å²) in [5.74, 6) is -0.114. The Kier molecular flexibility index (Phi) is 18.3. The van der Waals surface area contributed by atoms with Gasteiger partial charge in [0.2, 0.25) is 20.8 Å². The Balaban J connectivity index is 0.000000217. The van der Waals surface area contributed by atoms with Crippen molar-refractivity contribution in [3.63, 3.8) is 0 Å². The van der Waals surface area contributed by atoms with Crippen molar-refractivity contribution in [2.75, 3.05) is 0 Å². The number of nitrogens with zero attached hydrogens (tertiary/aromatic N) is 3. The van der Waals surface area contributed by atoms with Crippen molar-refractivity contribution >= 4 is 97.0 Å². The topological polar surface area (TPSA) is 89.9 Å². The number of alkyl halides is 1. The summed E-state index contributed by atoms with van der Waals surface area (Å²) in [7, 11) is 7.36. The number of fused-ring (bicyclic) bond motifs is 6.